The van der Waals surface area contributed by atoms with Crippen LogP contribution in [0, 0.1) is 5.92 Å². The molecule has 122 valence electrons. The molecule has 4 nitrogen and oxygen atoms in total. The van der Waals surface area contributed by atoms with Gasteiger partial charge in [0.15, 0.2) is 9.84 Å². The van der Waals surface area contributed by atoms with Crippen LogP contribution in [-0.2, 0) is 20.8 Å². The Morgan fingerprint density at radius 2 is 1.86 bits per heavy atom. The molecule has 1 aromatic rings. The fourth-order valence-corrected chi connectivity index (χ4v) is 4.27. The largest absolute Gasteiger partial charge is 0.416 e. The average molecular weight is 335 g/mol. The van der Waals surface area contributed by atoms with E-state index in [1.165, 1.54) is 12.1 Å². The Balaban J connectivity index is 1.92. The summed E-state index contributed by atoms with van der Waals surface area (Å²) in [6, 6.07) is 4.14. The minimum absolute atomic E-state index is 0.00652. The summed E-state index contributed by atoms with van der Waals surface area (Å²) in [7, 11) is -3.08. The molecular weight excluding hydrogens is 319 g/mol. The van der Waals surface area contributed by atoms with E-state index in [9.17, 15) is 26.4 Å². The number of sulfone groups is 1. The van der Waals surface area contributed by atoms with Crippen molar-refractivity contribution >= 4 is 21.4 Å². The minimum atomic E-state index is -4.42. The Morgan fingerprint density at radius 1 is 1.23 bits per heavy atom. The minimum Gasteiger partial charge on any atom is -0.326 e. The number of carbonyl (C=O) groups is 1. The maximum absolute atomic E-state index is 12.4. The molecule has 0 spiro atoms. The molecule has 22 heavy (non-hydrogen) atoms. The van der Waals surface area contributed by atoms with Crippen molar-refractivity contribution in [2.24, 2.45) is 5.92 Å². The van der Waals surface area contributed by atoms with Gasteiger partial charge < -0.3 is 5.32 Å². The fraction of sp³-hybridized carbons (Fsp3) is 0.500. The van der Waals surface area contributed by atoms with E-state index in [0.29, 0.717) is 12.8 Å². The third-order valence-electron chi connectivity index (χ3n) is 3.53. The Hall–Kier alpha value is -1.57. The van der Waals surface area contributed by atoms with Crippen LogP contribution in [0.5, 0.6) is 0 Å². The van der Waals surface area contributed by atoms with Gasteiger partial charge in [0, 0.05) is 12.1 Å². The highest BCUT2D eigenvalue weighted by molar-refractivity contribution is 7.91. The van der Waals surface area contributed by atoms with E-state index < -0.39 is 21.6 Å². The summed E-state index contributed by atoms with van der Waals surface area (Å²) in [4.78, 5) is 11.8. The molecular formula is C14H16F3NO3S. The summed E-state index contributed by atoms with van der Waals surface area (Å²) in [5, 5.41) is 2.49. The Bertz CT molecular complexity index is 638. The predicted octanol–water partition coefficient (Wildman–Crippen LogP) is 2.86. The number of anilines is 1. The molecule has 1 atom stereocenters. The molecule has 1 amide bonds. The molecule has 1 N–H and O–H groups in total. The maximum Gasteiger partial charge on any atom is 0.416 e. The van der Waals surface area contributed by atoms with E-state index in [0.717, 1.165) is 12.1 Å². The maximum atomic E-state index is 12.4. The van der Waals surface area contributed by atoms with Gasteiger partial charge in [-0.3, -0.25) is 4.79 Å². The van der Waals surface area contributed by atoms with E-state index in [4.69, 9.17) is 0 Å². The van der Waals surface area contributed by atoms with E-state index in [1.54, 1.807) is 0 Å². The summed E-state index contributed by atoms with van der Waals surface area (Å²) in [5.74, 6) is -0.465. The third-order valence-corrected chi connectivity index (χ3v) is 5.42. The van der Waals surface area contributed by atoms with Crippen molar-refractivity contribution in [2.75, 3.05) is 16.8 Å². The van der Waals surface area contributed by atoms with Gasteiger partial charge in [-0.25, -0.2) is 8.42 Å². The van der Waals surface area contributed by atoms with Crippen molar-refractivity contribution in [3.8, 4) is 0 Å². The lowest BCUT2D eigenvalue weighted by atomic mass is 10.0. The first-order valence-corrected chi connectivity index (χ1v) is 8.65. The summed E-state index contributed by atoms with van der Waals surface area (Å²) in [6.45, 7) is 0. The van der Waals surface area contributed by atoms with Gasteiger partial charge in [0.25, 0.3) is 0 Å². The Labute approximate surface area is 126 Å². The number of amides is 1. The molecule has 8 heteroatoms. The quantitative estimate of drug-likeness (QED) is 0.924. The number of nitrogens with one attached hydrogen (secondary N) is 1. The number of rotatable bonds is 3. The second-order valence-corrected chi connectivity index (χ2v) is 7.68. The van der Waals surface area contributed by atoms with Crippen molar-refractivity contribution in [1.82, 2.24) is 0 Å². The van der Waals surface area contributed by atoms with Crippen LogP contribution >= 0.6 is 0 Å². The van der Waals surface area contributed by atoms with Gasteiger partial charge in [0.05, 0.1) is 17.1 Å². The third kappa shape index (κ3) is 4.72. The first-order chi connectivity index (χ1) is 10.2. The summed E-state index contributed by atoms with van der Waals surface area (Å²) < 4.78 is 60.2. The van der Waals surface area contributed by atoms with Gasteiger partial charge in [-0.1, -0.05) is 0 Å². The van der Waals surface area contributed by atoms with E-state index in [2.05, 4.69) is 5.32 Å². The van der Waals surface area contributed by atoms with Crippen LogP contribution in [0.25, 0.3) is 0 Å². The Kier molecular flexibility index (Phi) is 4.79. The van der Waals surface area contributed by atoms with Crippen LogP contribution in [0.3, 0.4) is 0 Å². The molecule has 0 aromatic heterocycles. The summed E-state index contributed by atoms with van der Waals surface area (Å²) >= 11 is 0. The highest BCUT2D eigenvalue weighted by Gasteiger charge is 2.30. The monoisotopic (exact) mass is 335 g/mol. The van der Waals surface area contributed by atoms with Crippen LogP contribution in [0.4, 0.5) is 18.9 Å². The zero-order chi connectivity index (χ0) is 16.4. The average Bonchev–Trinajstić information content (AvgIpc) is 2.36. The zero-order valence-corrected chi connectivity index (χ0v) is 12.5. The van der Waals surface area contributed by atoms with Crippen molar-refractivity contribution < 1.29 is 26.4 Å². The van der Waals surface area contributed by atoms with Crippen LogP contribution < -0.4 is 5.32 Å². The molecule has 1 saturated heterocycles. The first kappa shape index (κ1) is 16.8. The highest BCUT2D eigenvalue weighted by atomic mass is 32.2. The summed E-state index contributed by atoms with van der Waals surface area (Å²) in [6.07, 6.45) is -3.15. The second-order valence-electron chi connectivity index (χ2n) is 5.45. The molecule has 1 heterocycles. The molecule has 1 fully saturated rings. The van der Waals surface area contributed by atoms with Crippen LogP contribution in [0.15, 0.2) is 24.3 Å². The van der Waals surface area contributed by atoms with E-state index in [1.807, 2.05) is 0 Å². The molecule has 0 radical (unpaired) electrons. The summed E-state index contributed by atoms with van der Waals surface area (Å²) in [5.41, 5.74) is -0.527. The fourth-order valence-electron chi connectivity index (χ4n) is 2.50. The normalized spacial score (nSPS) is 21.3. The zero-order valence-electron chi connectivity index (χ0n) is 11.7. The van der Waals surface area contributed by atoms with Gasteiger partial charge >= 0.3 is 6.18 Å². The number of alkyl halides is 3. The van der Waals surface area contributed by atoms with Crippen molar-refractivity contribution in [2.45, 2.75) is 25.4 Å². The van der Waals surface area contributed by atoms with Gasteiger partial charge in [-0.05, 0) is 43.0 Å². The van der Waals surface area contributed by atoms with E-state index in [-0.39, 0.29) is 35.4 Å². The molecule has 0 bridgehead atoms. The Morgan fingerprint density at radius 3 is 2.41 bits per heavy atom. The predicted molar refractivity (Wildman–Crippen MR) is 76.1 cm³/mol. The van der Waals surface area contributed by atoms with Crippen LogP contribution in [-0.4, -0.2) is 25.8 Å². The molecule has 1 aliphatic rings. The topological polar surface area (TPSA) is 63.2 Å². The molecule has 1 unspecified atom stereocenters. The molecule has 1 aromatic carbocycles. The lowest BCUT2D eigenvalue weighted by Gasteiger charge is -2.21. The molecule has 2 rings (SSSR count). The lowest BCUT2D eigenvalue weighted by molar-refractivity contribution is -0.137. The number of carbonyl (C=O) groups excluding carboxylic acids is 1. The number of halogens is 3. The second kappa shape index (κ2) is 6.28. The first-order valence-electron chi connectivity index (χ1n) is 6.83. The SMILES string of the molecule is O=C(CC1CCCS(=O)(=O)C1)Nc1ccc(C(F)(F)F)cc1. The van der Waals surface area contributed by atoms with Crippen molar-refractivity contribution in [3.63, 3.8) is 0 Å². The van der Waals surface area contributed by atoms with Gasteiger partial charge in [-0.15, -0.1) is 0 Å². The van der Waals surface area contributed by atoms with Gasteiger partial charge in [0.1, 0.15) is 0 Å². The van der Waals surface area contributed by atoms with Gasteiger partial charge in [-0.2, -0.15) is 13.2 Å². The number of hydrogen-bond donors (Lipinski definition) is 1. The smallest absolute Gasteiger partial charge is 0.326 e. The lowest BCUT2D eigenvalue weighted by Crippen LogP contribution is -2.28. The molecule has 1 aliphatic heterocycles. The van der Waals surface area contributed by atoms with Crippen molar-refractivity contribution in [1.29, 1.82) is 0 Å². The standard InChI is InChI=1S/C14H16F3NO3S/c15-14(16,17)11-3-5-12(6-4-11)18-13(19)8-10-2-1-7-22(20,21)9-10/h3-6,10H,1-2,7-9H2,(H,18,19). The van der Waals surface area contributed by atoms with Crippen molar-refractivity contribution in [3.05, 3.63) is 29.8 Å². The number of benzene rings is 1. The van der Waals surface area contributed by atoms with Crippen LogP contribution in [0.2, 0.25) is 0 Å². The molecule has 0 aliphatic carbocycles. The van der Waals surface area contributed by atoms with Gasteiger partial charge in [0.2, 0.25) is 5.91 Å². The molecule has 0 saturated carbocycles. The van der Waals surface area contributed by atoms with Crippen LogP contribution in [0.1, 0.15) is 24.8 Å². The highest BCUT2D eigenvalue weighted by Crippen LogP contribution is 2.30. The number of hydrogen-bond acceptors (Lipinski definition) is 3. The van der Waals surface area contributed by atoms with E-state index >= 15 is 0 Å².